The Bertz CT molecular complexity index is 1240. The Morgan fingerprint density at radius 1 is 1.28 bits per heavy atom. The second-order valence-corrected chi connectivity index (χ2v) is 10.6. The van der Waals surface area contributed by atoms with Gasteiger partial charge in [0.05, 0.1) is 22.2 Å². The van der Waals surface area contributed by atoms with E-state index in [0.717, 1.165) is 11.3 Å². The number of nitro groups is 1. The summed E-state index contributed by atoms with van der Waals surface area (Å²) >= 11 is 1.16. The molecule has 1 saturated heterocycles. The maximum Gasteiger partial charge on any atom is 0.269 e. The van der Waals surface area contributed by atoms with Gasteiger partial charge < -0.3 is 5.32 Å². The number of non-ortho nitro benzene ring substituents is 1. The van der Waals surface area contributed by atoms with E-state index in [-0.39, 0.29) is 22.3 Å². The molecule has 1 atom stereocenters. The van der Waals surface area contributed by atoms with Crippen LogP contribution in [0.15, 0.2) is 52.1 Å². The summed E-state index contributed by atoms with van der Waals surface area (Å²) in [6, 6.07) is 10.8. The number of carbonyl (C=O) groups is 1. The first-order chi connectivity index (χ1) is 15.3. The molecule has 32 heavy (non-hydrogen) atoms. The second kappa shape index (κ2) is 8.81. The molecule has 0 radical (unpaired) electrons. The number of nitrogens with zero attached hydrogens (tertiary/aromatic N) is 4. The predicted molar refractivity (Wildman–Crippen MR) is 119 cm³/mol. The molecule has 168 valence electrons. The molecule has 0 bridgehead atoms. The number of hydrogen-bond acceptors (Lipinski definition) is 7. The fraction of sp³-hybridized carbons (Fsp3) is 0.300. The van der Waals surface area contributed by atoms with Crippen LogP contribution in [-0.4, -0.2) is 46.4 Å². The van der Waals surface area contributed by atoms with Crippen LogP contribution in [0.3, 0.4) is 0 Å². The van der Waals surface area contributed by atoms with Crippen LogP contribution in [0, 0.1) is 23.0 Å². The van der Waals surface area contributed by atoms with E-state index in [9.17, 15) is 23.3 Å². The number of rotatable bonds is 6. The normalized spacial score (nSPS) is 17.2. The van der Waals surface area contributed by atoms with Gasteiger partial charge in [-0.05, 0) is 43.3 Å². The van der Waals surface area contributed by atoms with Gasteiger partial charge in [0.2, 0.25) is 5.91 Å². The van der Waals surface area contributed by atoms with E-state index in [1.54, 1.807) is 42.6 Å². The molecular weight excluding hydrogens is 454 g/mol. The third-order valence-electron chi connectivity index (χ3n) is 5.23. The van der Waals surface area contributed by atoms with Crippen LogP contribution in [0.5, 0.6) is 0 Å². The molecule has 3 heterocycles. The number of carbonyl (C=O) groups excluding carboxylic acids is 1. The fourth-order valence-corrected chi connectivity index (χ4v) is 6.31. The van der Waals surface area contributed by atoms with Crippen molar-refractivity contribution >= 4 is 38.8 Å². The third kappa shape index (κ3) is 4.42. The molecule has 10 nitrogen and oxygen atoms in total. The van der Waals surface area contributed by atoms with Crippen molar-refractivity contribution in [3.8, 4) is 5.69 Å². The number of nitro benzene ring substituents is 1. The first-order valence-electron chi connectivity index (χ1n) is 9.92. The summed E-state index contributed by atoms with van der Waals surface area (Å²) in [5.74, 6) is -0.377. The van der Waals surface area contributed by atoms with Gasteiger partial charge in [0, 0.05) is 31.3 Å². The fourth-order valence-electron chi connectivity index (χ4n) is 3.64. The molecule has 1 amide bonds. The molecule has 1 aliphatic heterocycles. The summed E-state index contributed by atoms with van der Waals surface area (Å²) in [5.41, 5.74) is 1.17. The number of hydrogen-bond donors (Lipinski definition) is 1. The number of piperidine rings is 1. The number of amides is 1. The van der Waals surface area contributed by atoms with Crippen LogP contribution in [0.2, 0.25) is 0 Å². The number of benzene rings is 1. The van der Waals surface area contributed by atoms with Gasteiger partial charge in [-0.3, -0.25) is 14.9 Å². The molecular formula is C20H21N5O5S2. The highest BCUT2D eigenvalue weighted by atomic mass is 32.2. The number of nitrogens with one attached hydrogen (secondary N) is 1. The standard InChI is InChI=1S/C20H21N5O5S2/c1-14-12-18(24(22-14)16-6-8-17(9-7-16)25(27)28)21-20(26)15-4-2-10-23(13-15)32(29,30)19-5-3-11-31-19/h3,5-9,11-12,15H,2,4,10,13H2,1H3,(H,21,26). The molecule has 4 rings (SSSR count). The summed E-state index contributed by atoms with van der Waals surface area (Å²) in [5, 5.41) is 19.8. The van der Waals surface area contributed by atoms with Crippen molar-refractivity contribution in [2.45, 2.75) is 24.0 Å². The minimum Gasteiger partial charge on any atom is -0.310 e. The first kappa shape index (κ1) is 22.1. The van der Waals surface area contributed by atoms with Gasteiger partial charge in [-0.1, -0.05) is 6.07 Å². The van der Waals surface area contributed by atoms with Crippen molar-refractivity contribution in [3.63, 3.8) is 0 Å². The largest absolute Gasteiger partial charge is 0.310 e. The van der Waals surface area contributed by atoms with E-state index in [2.05, 4.69) is 10.4 Å². The van der Waals surface area contributed by atoms with E-state index in [4.69, 9.17) is 0 Å². The van der Waals surface area contributed by atoms with Crippen LogP contribution in [0.4, 0.5) is 11.5 Å². The zero-order valence-corrected chi connectivity index (χ0v) is 18.8. The summed E-state index contributed by atoms with van der Waals surface area (Å²) < 4.78 is 28.8. The number of sulfonamides is 1. The van der Waals surface area contributed by atoms with E-state index >= 15 is 0 Å². The van der Waals surface area contributed by atoms with Gasteiger partial charge >= 0.3 is 0 Å². The lowest BCUT2D eigenvalue weighted by Gasteiger charge is -2.30. The summed E-state index contributed by atoms with van der Waals surface area (Å²) in [7, 11) is -3.62. The van der Waals surface area contributed by atoms with Gasteiger partial charge in [-0.15, -0.1) is 11.3 Å². The second-order valence-electron chi connectivity index (χ2n) is 7.48. The van der Waals surface area contributed by atoms with Crippen molar-refractivity contribution in [1.82, 2.24) is 14.1 Å². The van der Waals surface area contributed by atoms with Crippen molar-refractivity contribution in [2.75, 3.05) is 18.4 Å². The third-order valence-corrected chi connectivity index (χ3v) is 8.47. The van der Waals surface area contributed by atoms with Crippen LogP contribution in [0.1, 0.15) is 18.5 Å². The van der Waals surface area contributed by atoms with Crippen LogP contribution in [-0.2, 0) is 14.8 Å². The lowest BCUT2D eigenvalue weighted by molar-refractivity contribution is -0.384. The van der Waals surface area contributed by atoms with Crippen LogP contribution in [0.25, 0.3) is 5.69 Å². The van der Waals surface area contributed by atoms with E-state index in [1.165, 1.54) is 21.1 Å². The summed E-state index contributed by atoms with van der Waals surface area (Å²) in [6.07, 6.45) is 1.16. The minimum absolute atomic E-state index is 0.0440. The Labute approximate surface area is 188 Å². The Morgan fingerprint density at radius 2 is 2.03 bits per heavy atom. The SMILES string of the molecule is Cc1cc(NC(=O)C2CCCN(S(=O)(=O)c3cccs3)C2)n(-c2ccc([N+](=O)[O-])cc2)n1. The van der Waals surface area contributed by atoms with Crippen molar-refractivity contribution in [2.24, 2.45) is 5.92 Å². The molecule has 1 aliphatic rings. The molecule has 2 aromatic heterocycles. The summed E-state index contributed by atoms with van der Waals surface area (Å²) in [4.78, 5) is 23.4. The average Bonchev–Trinajstić information content (AvgIpc) is 3.44. The maximum atomic E-state index is 13.0. The summed E-state index contributed by atoms with van der Waals surface area (Å²) in [6.45, 7) is 2.26. The first-order valence-corrected chi connectivity index (χ1v) is 12.2. The zero-order valence-electron chi connectivity index (χ0n) is 17.2. The van der Waals surface area contributed by atoms with Crippen molar-refractivity contribution in [1.29, 1.82) is 0 Å². The average molecular weight is 476 g/mol. The topological polar surface area (TPSA) is 127 Å². The Morgan fingerprint density at radius 3 is 2.69 bits per heavy atom. The molecule has 12 heteroatoms. The minimum atomic E-state index is -3.62. The molecule has 0 spiro atoms. The monoisotopic (exact) mass is 475 g/mol. The zero-order chi connectivity index (χ0) is 22.9. The molecule has 1 aromatic carbocycles. The van der Waals surface area contributed by atoms with E-state index in [1.807, 2.05) is 0 Å². The highest BCUT2D eigenvalue weighted by Gasteiger charge is 2.34. The number of anilines is 1. The molecule has 1 N–H and O–H groups in total. The Kier molecular flexibility index (Phi) is 6.09. The number of aromatic nitrogens is 2. The highest BCUT2D eigenvalue weighted by molar-refractivity contribution is 7.91. The van der Waals surface area contributed by atoms with Gasteiger partial charge in [0.25, 0.3) is 15.7 Å². The molecule has 1 fully saturated rings. The molecule has 0 aliphatic carbocycles. The maximum absolute atomic E-state index is 13.0. The number of aryl methyl sites for hydroxylation is 1. The van der Waals surface area contributed by atoms with Gasteiger partial charge in [-0.2, -0.15) is 9.40 Å². The lowest BCUT2D eigenvalue weighted by Crippen LogP contribution is -2.43. The van der Waals surface area contributed by atoms with Crippen LogP contribution >= 0.6 is 11.3 Å². The Hall–Kier alpha value is -3.09. The quantitative estimate of drug-likeness (QED) is 0.431. The van der Waals surface area contributed by atoms with E-state index < -0.39 is 20.9 Å². The molecule has 3 aromatic rings. The number of thiophene rings is 1. The van der Waals surface area contributed by atoms with Gasteiger partial charge in [0.1, 0.15) is 10.0 Å². The van der Waals surface area contributed by atoms with Gasteiger partial charge in [-0.25, -0.2) is 13.1 Å². The van der Waals surface area contributed by atoms with Crippen LogP contribution < -0.4 is 5.32 Å². The van der Waals surface area contributed by atoms with E-state index in [0.29, 0.717) is 36.6 Å². The smallest absolute Gasteiger partial charge is 0.269 e. The van der Waals surface area contributed by atoms with Crippen molar-refractivity contribution < 1.29 is 18.1 Å². The predicted octanol–water partition coefficient (Wildman–Crippen LogP) is 3.19. The Balaban J connectivity index is 1.51. The molecule has 0 saturated carbocycles. The molecule has 1 unspecified atom stereocenters. The van der Waals surface area contributed by atoms with Crippen molar-refractivity contribution in [3.05, 3.63) is 63.7 Å². The highest BCUT2D eigenvalue weighted by Crippen LogP contribution is 2.27. The van der Waals surface area contributed by atoms with Gasteiger partial charge in [0.15, 0.2) is 0 Å². The lowest BCUT2D eigenvalue weighted by atomic mass is 9.99.